The number of benzene rings is 2. The standard InChI is InChI=1S/C21H13F6IS/c22-18-16(20(25,28)21(26,27)19(18,23)24)14-11-15(12-7-3-1-4-8-12)29-17(14)13-9-5-2-6-10-13/h1-11,16,18H. The summed E-state index contributed by atoms with van der Waals surface area (Å²) in [5, 5.41) is 0. The van der Waals surface area contributed by atoms with Crippen LogP contribution in [0.5, 0.6) is 0 Å². The predicted molar refractivity (Wildman–Crippen MR) is 111 cm³/mol. The van der Waals surface area contributed by atoms with Crippen LogP contribution in [0.2, 0.25) is 0 Å². The summed E-state index contributed by atoms with van der Waals surface area (Å²) in [4.78, 5) is 0.849. The summed E-state index contributed by atoms with van der Waals surface area (Å²) >= 11 is 1.77. The number of rotatable bonds is 3. The van der Waals surface area contributed by atoms with Gasteiger partial charge in [0.1, 0.15) is 0 Å². The first-order chi connectivity index (χ1) is 13.6. The van der Waals surface area contributed by atoms with Gasteiger partial charge in [-0.25, -0.2) is 8.78 Å². The summed E-state index contributed by atoms with van der Waals surface area (Å²) in [6.45, 7) is 0. The van der Waals surface area contributed by atoms with Crippen LogP contribution in [0.25, 0.3) is 20.9 Å². The first-order valence-electron chi connectivity index (χ1n) is 8.61. The van der Waals surface area contributed by atoms with Crippen LogP contribution >= 0.6 is 33.9 Å². The van der Waals surface area contributed by atoms with Crippen LogP contribution in [0, 0.1) is 0 Å². The Bertz CT molecular complexity index is 1020. The largest absolute Gasteiger partial charge is 0.356 e. The zero-order chi connectivity index (χ0) is 21.0. The average molecular weight is 538 g/mol. The molecule has 1 saturated carbocycles. The number of thiophene rings is 1. The fourth-order valence-corrected chi connectivity index (χ4v) is 5.76. The van der Waals surface area contributed by atoms with Gasteiger partial charge in [-0.2, -0.15) is 17.6 Å². The van der Waals surface area contributed by atoms with Crippen LogP contribution in [-0.4, -0.2) is 21.7 Å². The van der Waals surface area contributed by atoms with Crippen molar-refractivity contribution in [3.05, 3.63) is 72.3 Å². The van der Waals surface area contributed by atoms with Crippen LogP contribution in [0.15, 0.2) is 66.7 Å². The van der Waals surface area contributed by atoms with E-state index in [0.717, 1.165) is 11.3 Å². The van der Waals surface area contributed by atoms with Crippen molar-refractivity contribution < 1.29 is 26.3 Å². The van der Waals surface area contributed by atoms with Gasteiger partial charge < -0.3 is 0 Å². The topological polar surface area (TPSA) is 0 Å². The zero-order valence-corrected chi connectivity index (χ0v) is 17.5. The molecule has 0 spiro atoms. The van der Waals surface area contributed by atoms with Gasteiger partial charge in [-0.3, -0.25) is 0 Å². The van der Waals surface area contributed by atoms with Crippen LogP contribution in [0.4, 0.5) is 26.3 Å². The lowest BCUT2D eigenvalue weighted by molar-refractivity contribution is -0.226. The van der Waals surface area contributed by atoms with Crippen molar-refractivity contribution in [3.63, 3.8) is 0 Å². The van der Waals surface area contributed by atoms with Gasteiger partial charge in [-0.05, 0) is 45.3 Å². The quantitative estimate of drug-likeness (QED) is 0.181. The molecule has 1 heterocycles. The second-order valence-electron chi connectivity index (χ2n) is 6.83. The molecule has 1 aliphatic carbocycles. The van der Waals surface area contributed by atoms with Gasteiger partial charge in [0.15, 0.2) is 6.17 Å². The molecule has 1 aliphatic rings. The summed E-state index contributed by atoms with van der Waals surface area (Å²) < 4.78 is 82.5. The summed E-state index contributed by atoms with van der Waals surface area (Å²) in [6.07, 6.45) is -3.36. The maximum atomic E-state index is 15.1. The van der Waals surface area contributed by atoms with Crippen LogP contribution in [-0.2, 0) is 0 Å². The van der Waals surface area contributed by atoms with Crippen molar-refractivity contribution in [2.24, 2.45) is 0 Å². The molecule has 0 aliphatic heterocycles. The lowest BCUT2D eigenvalue weighted by Crippen LogP contribution is -2.47. The Labute approximate surface area is 180 Å². The molecule has 2 aromatic carbocycles. The van der Waals surface area contributed by atoms with E-state index in [2.05, 4.69) is 0 Å². The van der Waals surface area contributed by atoms with Crippen LogP contribution in [0.1, 0.15) is 11.5 Å². The Morgan fingerprint density at radius 1 is 0.793 bits per heavy atom. The highest BCUT2D eigenvalue weighted by molar-refractivity contribution is 14.1. The SMILES string of the molecule is FC1C(c2cc(-c3ccccc3)sc2-c2ccccc2)C(F)(I)C(F)(F)C1(F)F. The minimum absolute atomic E-state index is 0.179. The van der Waals surface area contributed by atoms with Gasteiger partial charge in [0, 0.05) is 9.75 Å². The lowest BCUT2D eigenvalue weighted by atomic mass is 9.92. The van der Waals surface area contributed by atoms with Crippen molar-refractivity contribution in [3.8, 4) is 20.9 Å². The Hall–Kier alpha value is -1.55. The van der Waals surface area contributed by atoms with Crippen molar-refractivity contribution >= 4 is 33.9 Å². The summed E-state index contributed by atoms with van der Waals surface area (Å²) in [6, 6.07) is 18.5. The molecule has 29 heavy (non-hydrogen) atoms. The Morgan fingerprint density at radius 3 is 1.79 bits per heavy atom. The maximum absolute atomic E-state index is 15.1. The molecular weight excluding hydrogens is 525 g/mol. The van der Waals surface area contributed by atoms with E-state index in [-0.39, 0.29) is 5.56 Å². The number of hydrogen-bond acceptors (Lipinski definition) is 1. The van der Waals surface area contributed by atoms with Gasteiger partial charge in [-0.1, -0.05) is 60.7 Å². The lowest BCUT2D eigenvalue weighted by Gasteiger charge is -2.26. The smallest absolute Gasteiger partial charge is 0.240 e. The van der Waals surface area contributed by atoms with E-state index in [1.54, 1.807) is 60.7 Å². The minimum Gasteiger partial charge on any atom is -0.240 e. The molecule has 8 heteroatoms. The third-order valence-corrected chi connectivity index (χ3v) is 7.65. The molecule has 0 radical (unpaired) electrons. The number of halogens is 7. The van der Waals surface area contributed by atoms with E-state index in [4.69, 9.17) is 0 Å². The molecule has 1 aromatic heterocycles. The minimum atomic E-state index is -5.15. The Morgan fingerprint density at radius 2 is 1.31 bits per heavy atom. The first kappa shape index (κ1) is 20.7. The highest BCUT2D eigenvalue weighted by atomic mass is 127. The highest BCUT2D eigenvalue weighted by Gasteiger charge is 2.84. The van der Waals surface area contributed by atoms with Gasteiger partial charge >= 0.3 is 11.8 Å². The fraction of sp³-hybridized carbons (Fsp3) is 0.238. The van der Waals surface area contributed by atoms with E-state index in [1.807, 2.05) is 0 Å². The van der Waals surface area contributed by atoms with E-state index < -0.39 is 27.6 Å². The third-order valence-electron chi connectivity index (χ3n) is 5.06. The Balaban J connectivity index is 1.95. The van der Waals surface area contributed by atoms with E-state index in [9.17, 15) is 22.0 Å². The van der Waals surface area contributed by atoms with Gasteiger partial charge in [0.25, 0.3) is 0 Å². The van der Waals surface area contributed by atoms with E-state index in [0.29, 0.717) is 43.5 Å². The molecule has 0 saturated heterocycles. The predicted octanol–water partition coefficient (Wildman–Crippen LogP) is 7.89. The number of hydrogen-bond donors (Lipinski definition) is 0. The van der Waals surface area contributed by atoms with Crippen molar-refractivity contribution in [1.29, 1.82) is 0 Å². The molecule has 0 amide bonds. The van der Waals surface area contributed by atoms with Gasteiger partial charge in [0.05, 0.1) is 5.92 Å². The fourth-order valence-electron chi connectivity index (χ4n) is 3.53. The molecular formula is C21H13F6IS. The summed E-state index contributed by atoms with van der Waals surface area (Å²) in [5.41, 5.74) is 1.04. The second kappa shape index (κ2) is 7.01. The van der Waals surface area contributed by atoms with Gasteiger partial charge in [-0.15, -0.1) is 11.3 Å². The summed E-state index contributed by atoms with van der Waals surface area (Å²) in [5.74, 6) is -12.6. The molecule has 0 bridgehead atoms. The van der Waals surface area contributed by atoms with Crippen molar-refractivity contribution in [2.45, 2.75) is 27.6 Å². The molecule has 1 fully saturated rings. The van der Waals surface area contributed by atoms with E-state index in [1.165, 1.54) is 6.07 Å². The normalized spacial score (nSPS) is 27.8. The first-order valence-corrected chi connectivity index (χ1v) is 10.5. The van der Waals surface area contributed by atoms with Crippen LogP contribution < -0.4 is 0 Å². The molecule has 0 nitrogen and oxygen atoms in total. The monoisotopic (exact) mass is 538 g/mol. The van der Waals surface area contributed by atoms with Crippen molar-refractivity contribution in [1.82, 2.24) is 0 Å². The highest BCUT2D eigenvalue weighted by Crippen LogP contribution is 2.67. The van der Waals surface area contributed by atoms with E-state index >= 15 is 4.39 Å². The molecule has 0 N–H and O–H groups in total. The molecule has 3 aromatic rings. The molecule has 3 atom stereocenters. The summed E-state index contributed by atoms with van der Waals surface area (Å²) in [7, 11) is 0. The molecule has 152 valence electrons. The van der Waals surface area contributed by atoms with Gasteiger partial charge in [0.2, 0.25) is 3.68 Å². The Kier molecular flexibility index (Phi) is 5.00. The second-order valence-corrected chi connectivity index (χ2v) is 9.45. The van der Waals surface area contributed by atoms with Crippen molar-refractivity contribution in [2.75, 3.05) is 0 Å². The third kappa shape index (κ3) is 3.01. The number of alkyl halides is 7. The molecule has 3 unspecified atom stereocenters. The average Bonchev–Trinajstić information content (AvgIpc) is 3.16. The molecule has 4 rings (SSSR count). The maximum Gasteiger partial charge on any atom is 0.356 e. The van der Waals surface area contributed by atoms with Crippen LogP contribution in [0.3, 0.4) is 0 Å². The zero-order valence-electron chi connectivity index (χ0n) is 14.6.